The number of hydrogen-bond donors (Lipinski definition) is 2. The van der Waals surface area contributed by atoms with Crippen molar-refractivity contribution in [3.8, 4) is 11.1 Å². The van der Waals surface area contributed by atoms with Crippen molar-refractivity contribution in [1.82, 2.24) is 0 Å². The highest BCUT2D eigenvalue weighted by Crippen LogP contribution is 2.33. The van der Waals surface area contributed by atoms with E-state index in [0.717, 1.165) is 22.7 Å². The molecule has 2 nitrogen and oxygen atoms in total. The van der Waals surface area contributed by atoms with E-state index in [1.807, 2.05) is 48.2 Å². The molecule has 0 saturated heterocycles. The van der Waals surface area contributed by atoms with Gasteiger partial charge in [0.25, 0.3) is 0 Å². The van der Waals surface area contributed by atoms with Crippen LogP contribution in [0.15, 0.2) is 47.4 Å². The second-order valence-corrected chi connectivity index (χ2v) is 5.12. The summed E-state index contributed by atoms with van der Waals surface area (Å²) in [5.41, 5.74) is 15.5. The third-order valence-electron chi connectivity index (χ3n) is 2.53. The normalized spacial score (nSPS) is 10.4. The lowest BCUT2D eigenvalue weighted by atomic mass is 10.0. The average Bonchev–Trinajstić information content (AvgIpc) is 2.33. The molecule has 0 amide bonds. The standard InChI is InChI=1S/C14H16N2S/c1-2-17-14-8-7-12(16)9-13(14)10-3-5-11(15)6-4-10/h3-9H,2,15-16H2,1H3. The molecule has 0 unspecified atom stereocenters. The number of benzene rings is 2. The lowest BCUT2D eigenvalue weighted by Gasteiger charge is -2.10. The van der Waals surface area contributed by atoms with Crippen LogP contribution in [0.25, 0.3) is 11.1 Å². The molecule has 0 atom stereocenters. The molecule has 17 heavy (non-hydrogen) atoms. The van der Waals surface area contributed by atoms with Crippen LogP contribution in [0.4, 0.5) is 11.4 Å². The molecule has 0 fully saturated rings. The van der Waals surface area contributed by atoms with Gasteiger partial charge in [0.1, 0.15) is 0 Å². The molecule has 0 radical (unpaired) electrons. The van der Waals surface area contributed by atoms with Gasteiger partial charge in [0, 0.05) is 16.3 Å². The van der Waals surface area contributed by atoms with Crippen LogP contribution in [-0.2, 0) is 0 Å². The number of anilines is 2. The fourth-order valence-electron chi connectivity index (χ4n) is 1.72. The SMILES string of the molecule is CCSc1ccc(N)cc1-c1ccc(N)cc1. The first-order valence-corrected chi connectivity index (χ1v) is 6.57. The zero-order valence-corrected chi connectivity index (χ0v) is 10.6. The van der Waals surface area contributed by atoms with Crippen LogP contribution in [0.1, 0.15) is 6.92 Å². The largest absolute Gasteiger partial charge is 0.399 e. The predicted molar refractivity (Wildman–Crippen MR) is 77.1 cm³/mol. The Balaban J connectivity index is 2.48. The minimum atomic E-state index is 0.780. The maximum Gasteiger partial charge on any atom is 0.0321 e. The average molecular weight is 244 g/mol. The molecule has 0 bridgehead atoms. The smallest absolute Gasteiger partial charge is 0.0321 e. The molecule has 4 N–H and O–H groups in total. The highest BCUT2D eigenvalue weighted by atomic mass is 32.2. The molecule has 0 aliphatic heterocycles. The van der Waals surface area contributed by atoms with Gasteiger partial charge >= 0.3 is 0 Å². The van der Waals surface area contributed by atoms with Crippen molar-refractivity contribution in [1.29, 1.82) is 0 Å². The Morgan fingerprint density at radius 1 is 0.941 bits per heavy atom. The monoisotopic (exact) mass is 244 g/mol. The molecule has 88 valence electrons. The molecule has 0 spiro atoms. The van der Waals surface area contributed by atoms with Crippen molar-refractivity contribution in [2.75, 3.05) is 17.2 Å². The highest BCUT2D eigenvalue weighted by Gasteiger charge is 2.05. The van der Waals surface area contributed by atoms with Gasteiger partial charge in [-0.3, -0.25) is 0 Å². The summed E-state index contributed by atoms with van der Waals surface area (Å²) < 4.78 is 0. The molecule has 2 aromatic carbocycles. The van der Waals surface area contributed by atoms with Gasteiger partial charge < -0.3 is 11.5 Å². The Labute approximate surface area is 106 Å². The van der Waals surface area contributed by atoms with E-state index in [0.29, 0.717) is 0 Å². The molecule has 0 saturated carbocycles. The van der Waals surface area contributed by atoms with E-state index < -0.39 is 0 Å². The Kier molecular flexibility index (Phi) is 3.59. The molecule has 2 aromatic rings. The number of thioether (sulfide) groups is 1. The van der Waals surface area contributed by atoms with Crippen molar-refractivity contribution in [3.05, 3.63) is 42.5 Å². The number of rotatable bonds is 3. The van der Waals surface area contributed by atoms with Gasteiger partial charge in [-0.25, -0.2) is 0 Å². The summed E-state index contributed by atoms with van der Waals surface area (Å²) in [6.45, 7) is 2.15. The maximum absolute atomic E-state index is 5.86. The van der Waals surface area contributed by atoms with Crippen LogP contribution >= 0.6 is 11.8 Å². The van der Waals surface area contributed by atoms with E-state index in [-0.39, 0.29) is 0 Å². The zero-order valence-electron chi connectivity index (χ0n) is 9.81. The second kappa shape index (κ2) is 5.15. The Hall–Kier alpha value is -1.61. The lowest BCUT2D eigenvalue weighted by molar-refractivity contribution is 1.42. The molecule has 3 heteroatoms. The molecule has 2 rings (SSSR count). The Morgan fingerprint density at radius 3 is 2.24 bits per heavy atom. The number of hydrogen-bond acceptors (Lipinski definition) is 3. The van der Waals surface area contributed by atoms with Gasteiger partial charge in [0.05, 0.1) is 0 Å². The Morgan fingerprint density at radius 2 is 1.59 bits per heavy atom. The van der Waals surface area contributed by atoms with E-state index in [1.165, 1.54) is 10.5 Å². The first-order valence-electron chi connectivity index (χ1n) is 5.59. The van der Waals surface area contributed by atoms with Gasteiger partial charge in [-0.05, 0) is 47.2 Å². The van der Waals surface area contributed by atoms with Crippen LogP contribution in [0.5, 0.6) is 0 Å². The summed E-state index contributed by atoms with van der Waals surface area (Å²) >= 11 is 1.82. The van der Waals surface area contributed by atoms with Crippen LogP contribution in [0.3, 0.4) is 0 Å². The summed E-state index contributed by atoms with van der Waals surface area (Å²) in [6, 6.07) is 13.9. The minimum absolute atomic E-state index is 0.780. The highest BCUT2D eigenvalue weighted by molar-refractivity contribution is 7.99. The molecule has 0 aliphatic rings. The van der Waals surface area contributed by atoms with E-state index >= 15 is 0 Å². The lowest BCUT2D eigenvalue weighted by Crippen LogP contribution is -1.89. The van der Waals surface area contributed by atoms with Crippen molar-refractivity contribution in [3.63, 3.8) is 0 Å². The summed E-state index contributed by atoms with van der Waals surface area (Å²) in [5, 5.41) is 0. The minimum Gasteiger partial charge on any atom is -0.399 e. The molecule has 0 heterocycles. The van der Waals surface area contributed by atoms with Crippen molar-refractivity contribution in [2.45, 2.75) is 11.8 Å². The van der Waals surface area contributed by atoms with E-state index in [1.54, 1.807) is 0 Å². The van der Waals surface area contributed by atoms with Gasteiger partial charge in [0.15, 0.2) is 0 Å². The summed E-state index contributed by atoms with van der Waals surface area (Å²) in [6.07, 6.45) is 0. The molecule has 0 aliphatic carbocycles. The molecule has 0 aromatic heterocycles. The fraction of sp³-hybridized carbons (Fsp3) is 0.143. The first-order chi connectivity index (χ1) is 8.20. The summed E-state index contributed by atoms with van der Waals surface area (Å²) in [7, 11) is 0. The van der Waals surface area contributed by atoms with Crippen molar-refractivity contribution >= 4 is 23.1 Å². The zero-order chi connectivity index (χ0) is 12.3. The quantitative estimate of drug-likeness (QED) is 0.640. The maximum atomic E-state index is 5.86. The van der Waals surface area contributed by atoms with Crippen LogP contribution in [0.2, 0.25) is 0 Å². The second-order valence-electron chi connectivity index (χ2n) is 3.81. The van der Waals surface area contributed by atoms with Crippen LogP contribution in [-0.4, -0.2) is 5.75 Å². The van der Waals surface area contributed by atoms with Gasteiger partial charge in [-0.15, -0.1) is 11.8 Å². The molecular weight excluding hydrogens is 228 g/mol. The Bertz CT molecular complexity index is 506. The van der Waals surface area contributed by atoms with Gasteiger partial charge in [-0.1, -0.05) is 19.1 Å². The van der Waals surface area contributed by atoms with E-state index in [4.69, 9.17) is 11.5 Å². The van der Waals surface area contributed by atoms with Gasteiger partial charge in [0.2, 0.25) is 0 Å². The topological polar surface area (TPSA) is 52.0 Å². The fourth-order valence-corrected chi connectivity index (χ4v) is 2.52. The molecular formula is C14H16N2S. The van der Waals surface area contributed by atoms with Crippen molar-refractivity contribution in [2.24, 2.45) is 0 Å². The third-order valence-corrected chi connectivity index (χ3v) is 3.48. The number of nitrogen functional groups attached to an aromatic ring is 2. The van der Waals surface area contributed by atoms with E-state index in [9.17, 15) is 0 Å². The van der Waals surface area contributed by atoms with Gasteiger partial charge in [-0.2, -0.15) is 0 Å². The van der Waals surface area contributed by atoms with Crippen molar-refractivity contribution < 1.29 is 0 Å². The first kappa shape index (κ1) is 11.9. The predicted octanol–water partition coefficient (Wildman–Crippen LogP) is 3.63. The number of nitrogens with two attached hydrogens (primary N) is 2. The third kappa shape index (κ3) is 2.74. The summed E-state index contributed by atoms with van der Waals surface area (Å²) in [5.74, 6) is 1.05. The van der Waals surface area contributed by atoms with Crippen LogP contribution < -0.4 is 11.5 Å². The summed E-state index contributed by atoms with van der Waals surface area (Å²) in [4.78, 5) is 1.26. The van der Waals surface area contributed by atoms with E-state index in [2.05, 4.69) is 13.0 Å². The van der Waals surface area contributed by atoms with Crippen LogP contribution in [0, 0.1) is 0 Å².